The Kier molecular flexibility index (Phi) is 12.5. The molecule has 2 aromatic carbocycles. The van der Waals surface area contributed by atoms with Gasteiger partial charge in [-0.1, -0.05) is 30.3 Å². The molecule has 0 aromatic heterocycles. The summed E-state index contributed by atoms with van der Waals surface area (Å²) in [6.07, 6.45) is -4.21. The number of fused-ring (bicyclic) bond motifs is 1. The van der Waals surface area contributed by atoms with Gasteiger partial charge in [-0.3, -0.25) is 14.4 Å². The number of carbonyl (C=O) groups is 3. The summed E-state index contributed by atoms with van der Waals surface area (Å²) in [5.41, 5.74) is 18.4. The standard InChI is InChI=1S/C30H42BF3N6O5/c1-29(2)22-17-20(5-9-23(22)31(44)45-29)18-38-28(43)25(11-6-19-3-7-21(8-4-19)30(32,33)34)39-27(42)24(37)10-12-26(41)40(15-13-35)16-14-36/h3-5,7-9,17,24-25,44H,6,10-16,18,35-37H2,1-2H3,(H,38,43)(H,39,42). The highest BCUT2D eigenvalue weighted by Gasteiger charge is 2.40. The van der Waals surface area contributed by atoms with Gasteiger partial charge in [-0.25, -0.2) is 0 Å². The van der Waals surface area contributed by atoms with Crippen LogP contribution in [0.4, 0.5) is 13.2 Å². The molecule has 0 bridgehead atoms. The molecule has 2 aromatic rings. The molecule has 0 spiro atoms. The fourth-order valence-corrected chi connectivity index (χ4v) is 5.13. The maximum atomic E-state index is 13.3. The van der Waals surface area contributed by atoms with Crippen molar-refractivity contribution in [1.29, 1.82) is 0 Å². The summed E-state index contributed by atoms with van der Waals surface area (Å²) >= 11 is 0. The van der Waals surface area contributed by atoms with Gasteiger partial charge in [0.25, 0.3) is 0 Å². The lowest BCUT2D eigenvalue weighted by molar-refractivity contribution is -0.137. The van der Waals surface area contributed by atoms with E-state index in [0.717, 1.165) is 23.3 Å². The quantitative estimate of drug-likeness (QED) is 0.151. The Bertz CT molecular complexity index is 1320. The van der Waals surface area contributed by atoms with Crippen molar-refractivity contribution < 1.29 is 37.2 Å². The molecule has 45 heavy (non-hydrogen) atoms. The van der Waals surface area contributed by atoms with Gasteiger partial charge in [0.2, 0.25) is 17.7 Å². The predicted octanol–water partition coefficient (Wildman–Crippen LogP) is 0.246. The van der Waals surface area contributed by atoms with Crippen LogP contribution >= 0.6 is 0 Å². The first kappa shape index (κ1) is 36.0. The highest BCUT2D eigenvalue weighted by Crippen LogP contribution is 2.31. The number of rotatable bonds is 15. The van der Waals surface area contributed by atoms with Crippen LogP contribution < -0.4 is 33.3 Å². The van der Waals surface area contributed by atoms with Crippen molar-refractivity contribution in [2.24, 2.45) is 17.2 Å². The number of amides is 3. The first-order chi connectivity index (χ1) is 21.2. The van der Waals surface area contributed by atoms with Gasteiger partial charge in [0.1, 0.15) is 6.04 Å². The van der Waals surface area contributed by atoms with Crippen LogP contribution in [0, 0.1) is 0 Å². The molecule has 0 saturated heterocycles. The van der Waals surface area contributed by atoms with Crippen molar-refractivity contribution in [3.8, 4) is 0 Å². The van der Waals surface area contributed by atoms with Crippen molar-refractivity contribution in [1.82, 2.24) is 15.5 Å². The maximum Gasteiger partial charge on any atom is 0.492 e. The fourth-order valence-electron chi connectivity index (χ4n) is 5.13. The van der Waals surface area contributed by atoms with Crippen LogP contribution in [0.1, 0.15) is 55.4 Å². The average Bonchev–Trinajstić information content (AvgIpc) is 3.22. The third kappa shape index (κ3) is 10.00. The molecular weight excluding hydrogens is 592 g/mol. The number of halogens is 3. The Labute approximate surface area is 261 Å². The Morgan fingerprint density at radius 1 is 1.00 bits per heavy atom. The zero-order valence-electron chi connectivity index (χ0n) is 25.5. The number of benzene rings is 2. The van der Waals surface area contributed by atoms with E-state index in [1.807, 2.05) is 19.9 Å². The van der Waals surface area contributed by atoms with E-state index in [1.54, 1.807) is 12.1 Å². The zero-order chi connectivity index (χ0) is 33.4. The molecule has 246 valence electrons. The van der Waals surface area contributed by atoms with E-state index in [2.05, 4.69) is 10.6 Å². The van der Waals surface area contributed by atoms with Gasteiger partial charge in [-0.15, -0.1) is 0 Å². The van der Waals surface area contributed by atoms with Crippen LogP contribution in [0.3, 0.4) is 0 Å². The molecule has 15 heteroatoms. The monoisotopic (exact) mass is 634 g/mol. The third-order valence-corrected chi connectivity index (χ3v) is 7.70. The van der Waals surface area contributed by atoms with Gasteiger partial charge in [0.05, 0.1) is 17.2 Å². The molecule has 0 aliphatic carbocycles. The Morgan fingerprint density at radius 2 is 1.62 bits per heavy atom. The topological polar surface area (TPSA) is 186 Å². The minimum atomic E-state index is -4.48. The molecule has 0 saturated carbocycles. The molecule has 1 heterocycles. The van der Waals surface area contributed by atoms with Crippen molar-refractivity contribution in [3.05, 3.63) is 64.7 Å². The minimum absolute atomic E-state index is 0.0163. The van der Waals surface area contributed by atoms with E-state index in [0.29, 0.717) is 24.1 Å². The number of nitrogens with one attached hydrogen (secondary N) is 2. The number of hydrogen-bond donors (Lipinski definition) is 6. The Morgan fingerprint density at radius 3 is 2.22 bits per heavy atom. The van der Waals surface area contributed by atoms with Crippen molar-refractivity contribution >= 4 is 30.3 Å². The molecule has 9 N–H and O–H groups in total. The van der Waals surface area contributed by atoms with Crippen LogP contribution in [0.25, 0.3) is 0 Å². The molecular formula is C30H42BF3N6O5. The number of carbonyl (C=O) groups excluding carboxylic acids is 3. The van der Waals surface area contributed by atoms with E-state index in [9.17, 15) is 32.6 Å². The van der Waals surface area contributed by atoms with Gasteiger partial charge in [0.15, 0.2) is 0 Å². The molecule has 3 amide bonds. The van der Waals surface area contributed by atoms with Crippen molar-refractivity contribution in [2.45, 2.75) is 69.9 Å². The van der Waals surface area contributed by atoms with Crippen LogP contribution in [0.2, 0.25) is 0 Å². The van der Waals surface area contributed by atoms with Gasteiger partial charge in [-0.05, 0) is 67.4 Å². The fraction of sp³-hybridized carbons (Fsp3) is 0.500. The normalized spacial score (nSPS) is 15.3. The highest BCUT2D eigenvalue weighted by atomic mass is 19.4. The molecule has 3 rings (SSSR count). The molecule has 11 nitrogen and oxygen atoms in total. The Hall–Kier alpha value is -3.50. The maximum absolute atomic E-state index is 13.3. The number of nitrogens with two attached hydrogens (primary N) is 3. The number of nitrogens with zero attached hydrogens (tertiary/aromatic N) is 1. The van der Waals surface area contributed by atoms with E-state index in [4.69, 9.17) is 21.9 Å². The van der Waals surface area contributed by atoms with Crippen LogP contribution in [-0.2, 0) is 43.8 Å². The molecule has 1 aliphatic rings. The molecule has 0 fully saturated rings. The van der Waals surface area contributed by atoms with Crippen LogP contribution in [0.5, 0.6) is 0 Å². The second-order valence-electron chi connectivity index (χ2n) is 11.5. The van der Waals surface area contributed by atoms with Gasteiger partial charge >= 0.3 is 13.3 Å². The van der Waals surface area contributed by atoms with Gasteiger partial charge < -0.3 is 42.4 Å². The van der Waals surface area contributed by atoms with E-state index in [-0.39, 0.29) is 51.2 Å². The summed E-state index contributed by atoms with van der Waals surface area (Å²) in [4.78, 5) is 40.4. The van der Waals surface area contributed by atoms with Gasteiger partial charge in [-0.2, -0.15) is 13.2 Å². The summed E-state index contributed by atoms with van der Waals surface area (Å²) in [5.74, 6) is -1.42. The zero-order valence-corrected chi connectivity index (χ0v) is 25.5. The summed E-state index contributed by atoms with van der Waals surface area (Å²) in [7, 11) is -1.05. The summed E-state index contributed by atoms with van der Waals surface area (Å²) in [5, 5.41) is 15.6. The number of alkyl halides is 3. The smallest absolute Gasteiger partial charge is 0.423 e. The van der Waals surface area contributed by atoms with E-state index >= 15 is 0 Å². The van der Waals surface area contributed by atoms with Crippen molar-refractivity contribution in [3.63, 3.8) is 0 Å². The Balaban J connectivity index is 1.68. The second-order valence-corrected chi connectivity index (χ2v) is 11.5. The van der Waals surface area contributed by atoms with Crippen molar-refractivity contribution in [2.75, 3.05) is 26.2 Å². The summed E-state index contributed by atoms with van der Waals surface area (Å²) in [6, 6.07) is 7.71. The van der Waals surface area contributed by atoms with Crippen LogP contribution in [-0.4, -0.2) is 73.0 Å². The summed E-state index contributed by atoms with van der Waals surface area (Å²) in [6.45, 7) is 4.89. The first-order valence-corrected chi connectivity index (χ1v) is 14.8. The lowest BCUT2D eigenvalue weighted by atomic mass is 9.78. The third-order valence-electron chi connectivity index (χ3n) is 7.70. The molecule has 2 unspecified atom stereocenters. The molecule has 1 aliphatic heterocycles. The number of aryl methyl sites for hydroxylation is 1. The molecule has 2 atom stereocenters. The number of hydrogen-bond acceptors (Lipinski definition) is 8. The molecule has 0 radical (unpaired) electrons. The van der Waals surface area contributed by atoms with Gasteiger partial charge in [0, 0.05) is 39.1 Å². The van der Waals surface area contributed by atoms with E-state index in [1.165, 1.54) is 17.0 Å². The average molecular weight is 635 g/mol. The highest BCUT2D eigenvalue weighted by molar-refractivity contribution is 6.61. The first-order valence-electron chi connectivity index (χ1n) is 14.8. The largest absolute Gasteiger partial charge is 0.492 e. The minimum Gasteiger partial charge on any atom is -0.423 e. The van der Waals surface area contributed by atoms with Crippen LogP contribution in [0.15, 0.2) is 42.5 Å². The lowest BCUT2D eigenvalue weighted by Gasteiger charge is -2.23. The lowest BCUT2D eigenvalue weighted by Crippen LogP contribution is -2.52. The summed E-state index contributed by atoms with van der Waals surface area (Å²) < 4.78 is 44.5. The van der Waals surface area contributed by atoms with E-state index < -0.39 is 48.4 Å². The predicted molar refractivity (Wildman–Crippen MR) is 164 cm³/mol. The SMILES string of the molecule is CC1(C)OB(O)c2ccc(CNC(=O)C(CCc3ccc(C(F)(F)F)cc3)NC(=O)C(N)CCC(=O)N(CCN)CCN)cc21. The second kappa shape index (κ2) is 15.7.